The number of hydrogen-bond donors (Lipinski definition) is 2. The van der Waals surface area contributed by atoms with Crippen LogP contribution in [0.15, 0.2) is 54.6 Å². The highest BCUT2D eigenvalue weighted by Gasteiger charge is 2.27. The molecule has 2 atom stereocenters. The summed E-state index contributed by atoms with van der Waals surface area (Å²) in [6.45, 7) is 0. The first-order valence-electron chi connectivity index (χ1n) is 5.88. The van der Waals surface area contributed by atoms with Crippen LogP contribution in [0.4, 0.5) is 0 Å². The Morgan fingerprint density at radius 2 is 1.53 bits per heavy atom. The normalized spacial score (nSPS) is 13.8. The number of carboxylic acids is 1. The minimum absolute atomic E-state index is 0.393. The van der Waals surface area contributed by atoms with Gasteiger partial charge in [-0.05, 0) is 23.3 Å². The molecule has 0 aliphatic rings. The van der Waals surface area contributed by atoms with Crippen molar-refractivity contribution in [3.8, 4) is 0 Å². The molecule has 0 saturated carbocycles. The smallest absolute Gasteiger partial charge is 0.321 e. The Morgan fingerprint density at radius 3 is 2.05 bits per heavy atom. The number of benzene rings is 2. The maximum Gasteiger partial charge on any atom is 0.321 e. The molecule has 0 amide bonds. The van der Waals surface area contributed by atoms with Gasteiger partial charge in [0.25, 0.3) is 0 Å². The number of rotatable bonds is 4. The summed E-state index contributed by atoms with van der Waals surface area (Å²) < 4.78 is 0. The first kappa shape index (κ1) is 13.6. The summed E-state index contributed by atoms with van der Waals surface area (Å²) in [5, 5.41) is 9.79. The molecular formula is C15H14ClNO2. The third kappa shape index (κ3) is 3.13. The van der Waals surface area contributed by atoms with Crippen LogP contribution in [-0.2, 0) is 4.79 Å². The van der Waals surface area contributed by atoms with Crippen molar-refractivity contribution < 1.29 is 9.90 Å². The highest BCUT2D eigenvalue weighted by molar-refractivity contribution is 6.30. The Labute approximate surface area is 116 Å². The molecule has 0 spiro atoms. The summed E-state index contributed by atoms with van der Waals surface area (Å²) in [7, 11) is 0. The number of hydrogen-bond acceptors (Lipinski definition) is 2. The van der Waals surface area contributed by atoms with Crippen molar-refractivity contribution in [1.82, 2.24) is 0 Å². The minimum atomic E-state index is -1.02. The van der Waals surface area contributed by atoms with E-state index in [9.17, 15) is 9.90 Å². The van der Waals surface area contributed by atoms with Crippen LogP contribution in [0.1, 0.15) is 17.0 Å². The van der Waals surface area contributed by atoms with Crippen LogP contribution in [-0.4, -0.2) is 17.1 Å². The van der Waals surface area contributed by atoms with E-state index in [4.69, 9.17) is 17.3 Å². The molecule has 3 nitrogen and oxygen atoms in total. The van der Waals surface area contributed by atoms with Crippen LogP contribution in [0.25, 0.3) is 0 Å². The zero-order valence-corrected chi connectivity index (χ0v) is 10.9. The lowest BCUT2D eigenvalue weighted by Gasteiger charge is -2.22. The van der Waals surface area contributed by atoms with E-state index >= 15 is 0 Å². The summed E-state index contributed by atoms with van der Waals surface area (Å²) in [5.41, 5.74) is 7.54. The first-order valence-corrected chi connectivity index (χ1v) is 6.26. The van der Waals surface area contributed by atoms with Crippen molar-refractivity contribution in [2.75, 3.05) is 0 Å². The monoisotopic (exact) mass is 275 g/mol. The summed E-state index contributed by atoms with van der Waals surface area (Å²) in [6.07, 6.45) is 0. The average Bonchev–Trinajstić information content (AvgIpc) is 2.42. The first-order chi connectivity index (χ1) is 9.09. The van der Waals surface area contributed by atoms with E-state index in [2.05, 4.69) is 0 Å². The van der Waals surface area contributed by atoms with Crippen LogP contribution in [0.5, 0.6) is 0 Å². The van der Waals surface area contributed by atoms with Crippen molar-refractivity contribution >= 4 is 17.6 Å². The summed E-state index contributed by atoms with van der Waals surface area (Å²) in [4.78, 5) is 11.2. The van der Waals surface area contributed by atoms with Crippen molar-refractivity contribution in [3.63, 3.8) is 0 Å². The molecule has 0 heterocycles. The zero-order valence-electron chi connectivity index (χ0n) is 10.2. The highest BCUT2D eigenvalue weighted by atomic mass is 35.5. The Bertz CT molecular complexity index is 554. The number of aliphatic carboxylic acids is 1. The number of nitrogens with two attached hydrogens (primary N) is 1. The van der Waals surface area contributed by atoms with Gasteiger partial charge in [-0.1, -0.05) is 54.1 Å². The van der Waals surface area contributed by atoms with Gasteiger partial charge in [0.1, 0.15) is 6.04 Å². The molecule has 0 radical (unpaired) electrons. The quantitative estimate of drug-likeness (QED) is 0.902. The minimum Gasteiger partial charge on any atom is -0.480 e. The van der Waals surface area contributed by atoms with Gasteiger partial charge in [-0.2, -0.15) is 0 Å². The molecule has 0 aliphatic carbocycles. The number of carboxylic acid groups (broad SMARTS) is 1. The Balaban J connectivity index is 2.45. The van der Waals surface area contributed by atoms with E-state index in [0.29, 0.717) is 5.02 Å². The summed E-state index contributed by atoms with van der Waals surface area (Å²) in [5.74, 6) is -1.42. The van der Waals surface area contributed by atoms with Crippen LogP contribution in [0.2, 0.25) is 5.02 Å². The van der Waals surface area contributed by atoms with Gasteiger partial charge in [0.05, 0.1) is 0 Å². The second-order valence-electron chi connectivity index (χ2n) is 4.30. The van der Waals surface area contributed by atoms with Gasteiger partial charge in [0, 0.05) is 10.9 Å². The predicted molar refractivity (Wildman–Crippen MR) is 75.3 cm³/mol. The second-order valence-corrected chi connectivity index (χ2v) is 4.74. The van der Waals surface area contributed by atoms with Gasteiger partial charge in [-0.3, -0.25) is 4.79 Å². The lowest BCUT2D eigenvalue weighted by atomic mass is 9.85. The van der Waals surface area contributed by atoms with Crippen molar-refractivity contribution in [2.24, 2.45) is 5.73 Å². The lowest BCUT2D eigenvalue weighted by molar-refractivity contribution is -0.138. The van der Waals surface area contributed by atoms with Crippen LogP contribution >= 0.6 is 11.6 Å². The molecule has 3 N–H and O–H groups in total. The third-order valence-corrected chi connectivity index (χ3v) is 3.28. The topological polar surface area (TPSA) is 63.3 Å². The van der Waals surface area contributed by atoms with E-state index in [-0.39, 0.29) is 0 Å². The summed E-state index contributed by atoms with van der Waals surface area (Å²) >= 11 is 5.86. The molecule has 4 heteroatoms. The van der Waals surface area contributed by atoms with E-state index in [1.165, 1.54) is 0 Å². The standard InChI is InChI=1S/C15H14ClNO2/c16-12-8-6-11(7-9-12)13(14(17)15(18)19)10-4-2-1-3-5-10/h1-9,13-14H,17H2,(H,18,19). The maximum absolute atomic E-state index is 11.2. The van der Waals surface area contributed by atoms with Crippen molar-refractivity contribution in [1.29, 1.82) is 0 Å². The van der Waals surface area contributed by atoms with Gasteiger partial charge in [-0.15, -0.1) is 0 Å². The Kier molecular flexibility index (Phi) is 4.20. The molecule has 2 aromatic carbocycles. The zero-order chi connectivity index (χ0) is 13.8. The fourth-order valence-electron chi connectivity index (χ4n) is 2.08. The molecule has 2 unspecified atom stereocenters. The number of carbonyl (C=O) groups is 1. The molecule has 2 rings (SSSR count). The Morgan fingerprint density at radius 1 is 1.00 bits per heavy atom. The largest absolute Gasteiger partial charge is 0.480 e. The SMILES string of the molecule is NC(C(=O)O)C(c1ccccc1)c1ccc(Cl)cc1. The molecule has 0 aliphatic heterocycles. The average molecular weight is 276 g/mol. The number of halogens is 1. The van der Waals surface area contributed by atoms with Gasteiger partial charge < -0.3 is 10.8 Å². The van der Waals surface area contributed by atoms with E-state index in [0.717, 1.165) is 11.1 Å². The van der Waals surface area contributed by atoms with Crippen LogP contribution < -0.4 is 5.73 Å². The molecular weight excluding hydrogens is 262 g/mol. The third-order valence-electron chi connectivity index (χ3n) is 3.03. The Hall–Kier alpha value is -1.84. The van der Waals surface area contributed by atoms with Gasteiger partial charge >= 0.3 is 5.97 Å². The fourth-order valence-corrected chi connectivity index (χ4v) is 2.21. The van der Waals surface area contributed by atoms with Crippen LogP contribution in [0, 0.1) is 0 Å². The van der Waals surface area contributed by atoms with Crippen molar-refractivity contribution in [2.45, 2.75) is 12.0 Å². The predicted octanol–water partition coefficient (Wildman–Crippen LogP) is 2.88. The van der Waals surface area contributed by atoms with Crippen LogP contribution in [0.3, 0.4) is 0 Å². The van der Waals surface area contributed by atoms with E-state index in [1.807, 2.05) is 42.5 Å². The van der Waals surface area contributed by atoms with E-state index < -0.39 is 17.9 Å². The fraction of sp³-hybridized carbons (Fsp3) is 0.133. The molecule has 98 valence electrons. The molecule has 0 bridgehead atoms. The molecule has 2 aromatic rings. The van der Waals surface area contributed by atoms with Crippen molar-refractivity contribution in [3.05, 3.63) is 70.7 Å². The van der Waals surface area contributed by atoms with Gasteiger partial charge in [0.15, 0.2) is 0 Å². The molecule has 0 saturated heterocycles. The lowest BCUT2D eigenvalue weighted by Crippen LogP contribution is -2.37. The molecule has 19 heavy (non-hydrogen) atoms. The second kappa shape index (κ2) is 5.87. The maximum atomic E-state index is 11.2. The highest BCUT2D eigenvalue weighted by Crippen LogP contribution is 2.28. The molecule has 0 fully saturated rings. The summed E-state index contributed by atoms with van der Waals surface area (Å²) in [6, 6.07) is 15.5. The molecule has 0 aromatic heterocycles. The van der Waals surface area contributed by atoms with Gasteiger partial charge in [0.2, 0.25) is 0 Å². The van der Waals surface area contributed by atoms with Gasteiger partial charge in [-0.25, -0.2) is 0 Å². The van der Waals surface area contributed by atoms with E-state index in [1.54, 1.807) is 12.1 Å².